The average molecular weight is 275 g/mol. The van der Waals surface area contributed by atoms with E-state index in [2.05, 4.69) is 24.4 Å². The molecule has 0 fully saturated rings. The summed E-state index contributed by atoms with van der Waals surface area (Å²) in [6, 6.07) is 9.77. The Morgan fingerprint density at radius 2 is 2.05 bits per heavy atom. The highest BCUT2D eigenvalue weighted by Gasteiger charge is 2.08. The summed E-state index contributed by atoms with van der Waals surface area (Å²) < 4.78 is 4.73. The molecule has 0 radical (unpaired) electrons. The number of esters is 1. The molecule has 0 saturated carbocycles. The molecule has 100 valence electrons. The molecule has 0 atom stereocenters. The third-order valence-corrected chi connectivity index (χ3v) is 3.91. The highest BCUT2D eigenvalue weighted by molar-refractivity contribution is 7.11. The fraction of sp³-hybridized carbons (Fsp3) is 0.267. The molecule has 0 bridgehead atoms. The van der Waals surface area contributed by atoms with Crippen LogP contribution in [0.4, 0.5) is 5.69 Å². The number of hydrogen-bond acceptors (Lipinski definition) is 4. The molecule has 0 amide bonds. The first-order valence-corrected chi connectivity index (χ1v) is 6.90. The summed E-state index contributed by atoms with van der Waals surface area (Å²) in [4.78, 5) is 14.1. The van der Waals surface area contributed by atoms with E-state index in [1.165, 1.54) is 16.9 Å². The lowest BCUT2D eigenvalue weighted by molar-refractivity contribution is 0.0601. The van der Waals surface area contributed by atoms with Gasteiger partial charge in [-0.05, 0) is 43.7 Å². The van der Waals surface area contributed by atoms with Crippen molar-refractivity contribution in [1.82, 2.24) is 0 Å². The maximum absolute atomic E-state index is 11.5. The summed E-state index contributed by atoms with van der Waals surface area (Å²) in [6.07, 6.45) is 0. The molecule has 19 heavy (non-hydrogen) atoms. The van der Waals surface area contributed by atoms with Gasteiger partial charge in [-0.15, -0.1) is 11.3 Å². The van der Waals surface area contributed by atoms with Crippen LogP contribution in [0, 0.1) is 13.8 Å². The molecule has 0 unspecified atom stereocenters. The van der Waals surface area contributed by atoms with Gasteiger partial charge in [-0.25, -0.2) is 4.79 Å². The molecule has 4 heteroatoms. The predicted molar refractivity (Wildman–Crippen MR) is 78.9 cm³/mol. The first kappa shape index (κ1) is 13.6. The van der Waals surface area contributed by atoms with Crippen LogP contribution < -0.4 is 5.32 Å². The molecular formula is C15H17NO2S. The van der Waals surface area contributed by atoms with Gasteiger partial charge >= 0.3 is 5.97 Å². The Morgan fingerprint density at radius 1 is 1.26 bits per heavy atom. The second kappa shape index (κ2) is 5.89. The van der Waals surface area contributed by atoms with Gasteiger partial charge in [0.25, 0.3) is 0 Å². The van der Waals surface area contributed by atoms with Gasteiger partial charge in [-0.1, -0.05) is 6.07 Å². The quantitative estimate of drug-likeness (QED) is 0.863. The third-order valence-electron chi connectivity index (χ3n) is 2.91. The van der Waals surface area contributed by atoms with Crippen LogP contribution in [0.2, 0.25) is 0 Å². The van der Waals surface area contributed by atoms with Crippen molar-refractivity contribution in [3.05, 3.63) is 51.2 Å². The minimum atomic E-state index is -0.310. The van der Waals surface area contributed by atoms with Gasteiger partial charge in [0.2, 0.25) is 0 Å². The zero-order valence-corrected chi connectivity index (χ0v) is 12.1. The second-order valence-corrected chi connectivity index (χ2v) is 5.76. The Labute approximate surface area is 117 Å². The maximum atomic E-state index is 11.5. The summed E-state index contributed by atoms with van der Waals surface area (Å²) >= 11 is 1.77. The number of ether oxygens (including phenoxy) is 1. The number of thiophene rings is 1. The SMILES string of the molecule is COC(=O)c1ccc(C)c(NCc2ccc(C)s2)c1. The molecule has 3 nitrogen and oxygen atoms in total. The van der Waals surface area contributed by atoms with E-state index < -0.39 is 0 Å². The van der Waals surface area contributed by atoms with Gasteiger partial charge in [0.15, 0.2) is 0 Å². The monoisotopic (exact) mass is 275 g/mol. The maximum Gasteiger partial charge on any atom is 0.337 e. The lowest BCUT2D eigenvalue weighted by Crippen LogP contribution is -2.04. The Hall–Kier alpha value is -1.81. The highest BCUT2D eigenvalue weighted by Crippen LogP contribution is 2.21. The van der Waals surface area contributed by atoms with Crippen LogP contribution in [0.5, 0.6) is 0 Å². The van der Waals surface area contributed by atoms with Gasteiger partial charge < -0.3 is 10.1 Å². The van der Waals surface area contributed by atoms with Crippen molar-refractivity contribution in [1.29, 1.82) is 0 Å². The molecular weight excluding hydrogens is 258 g/mol. The van der Waals surface area contributed by atoms with Gasteiger partial charge in [0.05, 0.1) is 12.7 Å². The van der Waals surface area contributed by atoms with E-state index in [4.69, 9.17) is 4.74 Å². The zero-order chi connectivity index (χ0) is 13.8. The van der Waals surface area contributed by atoms with Crippen LogP contribution >= 0.6 is 11.3 Å². The lowest BCUT2D eigenvalue weighted by Gasteiger charge is -2.10. The molecule has 0 aliphatic heterocycles. The van der Waals surface area contributed by atoms with Gasteiger partial charge in [0, 0.05) is 22.0 Å². The number of carbonyl (C=O) groups excluding carboxylic acids is 1. The molecule has 0 spiro atoms. The summed E-state index contributed by atoms with van der Waals surface area (Å²) in [5, 5.41) is 3.36. The number of benzene rings is 1. The van der Waals surface area contributed by atoms with E-state index in [0.29, 0.717) is 5.56 Å². The van der Waals surface area contributed by atoms with E-state index in [-0.39, 0.29) is 5.97 Å². The molecule has 0 saturated heterocycles. The first-order chi connectivity index (χ1) is 9.10. The second-order valence-electron chi connectivity index (χ2n) is 4.39. The van der Waals surface area contributed by atoms with E-state index in [0.717, 1.165) is 17.8 Å². The van der Waals surface area contributed by atoms with Gasteiger partial charge in [0.1, 0.15) is 0 Å². The van der Waals surface area contributed by atoms with Crippen molar-refractivity contribution in [2.75, 3.05) is 12.4 Å². The van der Waals surface area contributed by atoms with Crippen LogP contribution in [0.1, 0.15) is 25.7 Å². The van der Waals surface area contributed by atoms with Gasteiger partial charge in [-0.2, -0.15) is 0 Å². The van der Waals surface area contributed by atoms with Crippen LogP contribution in [0.25, 0.3) is 0 Å². The Kier molecular flexibility index (Phi) is 4.22. The fourth-order valence-corrected chi connectivity index (χ4v) is 2.65. The van der Waals surface area contributed by atoms with Crippen LogP contribution in [0.3, 0.4) is 0 Å². The predicted octanol–water partition coefficient (Wildman–Crippen LogP) is 3.76. The number of rotatable bonds is 4. The molecule has 1 heterocycles. The zero-order valence-electron chi connectivity index (χ0n) is 11.3. The minimum absolute atomic E-state index is 0.310. The highest BCUT2D eigenvalue weighted by atomic mass is 32.1. The summed E-state index contributed by atoms with van der Waals surface area (Å²) in [6.45, 7) is 4.88. The van der Waals surface area contributed by atoms with Crippen molar-refractivity contribution in [2.45, 2.75) is 20.4 Å². The minimum Gasteiger partial charge on any atom is -0.465 e. The summed E-state index contributed by atoms with van der Waals surface area (Å²) in [7, 11) is 1.39. The normalized spacial score (nSPS) is 10.3. The van der Waals surface area contributed by atoms with Crippen molar-refractivity contribution < 1.29 is 9.53 Å². The van der Waals surface area contributed by atoms with Crippen molar-refractivity contribution >= 4 is 23.0 Å². The summed E-state index contributed by atoms with van der Waals surface area (Å²) in [5.74, 6) is -0.310. The molecule has 2 aromatic rings. The van der Waals surface area contributed by atoms with E-state index in [9.17, 15) is 4.79 Å². The molecule has 0 aliphatic rings. The third kappa shape index (κ3) is 3.35. The standard InChI is InChI=1S/C15H17NO2S/c1-10-4-6-12(15(17)18-3)8-14(10)16-9-13-7-5-11(2)19-13/h4-8,16H,9H2,1-3H3. The number of nitrogens with one attached hydrogen (secondary N) is 1. The number of hydrogen-bond donors (Lipinski definition) is 1. The Morgan fingerprint density at radius 3 is 2.68 bits per heavy atom. The van der Waals surface area contributed by atoms with Crippen LogP contribution in [0.15, 0.2) is 30.3 Å². The topological polar surface area (TPSA) is 38.3 Å². The molecule has 0 aliphatic carbocycles. The first-order valence-electron chi connectivity index (χ1n) is 6.08. The Bertz CT molecular complexity index is 590. The molecule has 1 aromatic heterocycles. The van der Waals surface area contributed by atoms with Crippen LogP contribution in [-0.4, -0.2) is 13.1 Å². The average Bonchev–Trinajstić information content (AvgIpc) is 2.82. The van der Waals surface area contributed by atoms with Crippen molar-refractivity contribution in [3.8, 4) is 0 Å². The summed E-state index contributed by atoms with van der Waals surface area (Å²) in [5.41, 5.74) is 2.65. The van der Waals surface area contributed by atoms with Crippen LogP contribution in [-0.2, 0) is 11.3 Å². The van der Waals surface area contributed by atoms with E-state index >= 15 is 0 Å². The lowest BCUT2D eigenvalue weighted by atomic mass is 10.1. The number of aryl methyl sites for hydroxylation is 2. The van der Waals surface area contributed by atoms with Gasteiger partial charge in [-0.3, -0.25) is 0 Å². The largest absolute Gasteiger partial charge is 0.465 e. The molecule has 2 rings (SSSR count). The van der Waals surface area contributed by atoms with E-state index in [1.54, 1.807) is 17.4 Å². The van der Waals surface area contributed by atoms with E-state index in [1.807, 2.05) is 19.1 Å². The molecule has 1 aromatic carbocycles. The fourth-order valence-electron chi connectivity index (χ4n) is 1.82. The number of anilines is 1. The Balaban J connectivity index is 2.12. The van der Waals surface area contributed by atoms with Crippen molar-refractivity contribution in [3.63, 3.8) is 0 Å². The van der Waals surface area contributed by atoms with Crippen molar-refractivity contribution in [2.24, 2.45) is 0 Å². The smallest absolute Gasteiger partial charge is 0.337 e. The number of carbonyl (C=O) groups is 1. The molecule has 1 N–H and O–H groups in total. The number of methoxy groups -OCH3 is 1.